The maximum absolute atomic E-state index is 12.4. The number of benzene rings is 1. The molecule has 0 unspecified atom stereocenters. The van der Waals surface area contributed by atoms with Crippen LogP contribution in [0.2, 0.25) is 0 Å². The Morgan fingerprint density at radius 3 is 2.59 bits per heavy atom. The first kappa shape index (κ1) is 16.0. The van der Waals surface area contributed by atoms with Crippen molar-refractivity contribution in [1.29, 1.82) is 0 Å². The number of carboxylic acid groups (broad SMARTS) is 1. The van der Waals surface area contributed by atoms with E-state index in [1.807, 2.05) is 32.0 Å². The number of hydrogen-bond donors (Lipinski definition) is 2. The number of carboxylic acids is 1. The molecule has 1 heterocycles. The van der Waals surface area contributed by atoms with E-state index in [4.69, 9.17) is 5.11 Å². The average Bonchev–Trinajstić information content (AvgIpc) is 2.83. The van der Waals surface area contributed by atoms with Crippen LogP contribution in [-0.2, 0) is 14.4 Å². The van der Waals surface area contributed by atoms with Crippen molar-refractivity contribution in [2.75, 3.05) is 11.4 Å². The SMILES string of the molecule is Cc1ccc(N2CC[C@H](C(=O)N[C@@H](C)C(=O)O)C2=O)cc1C. The van der Waals surface area contributed by atoms with E-state index in [0.29, 0.717) is 13.0 Å². The van der Waals surface area contributed by atoms with Crippen molar-refractivity contribution in [3.63, 3.8) is 0 Å². The lowest BCUT2D eigenvalue weighted by atomic mass is 10.1. The maximum Gasteiger partial charge on any atom is 0.325 e. The first-order valence-electron chi connectivity index (χ1n) is 7.23. The molecule has 1 aromatic carbocycles. The molecule has 0 radical (unpaired) electrons. The summed E-state index contributed by atoms with van der Waals surface area (Å²) in [5.74, 6) is -2.74. The number of hydrogen-bond acceptors (Lipinski definition) is 3. The van der Waals surface area contributed by atoms with Crippen LogP contribution < -0.4 is 10.2 Å². The highest BCUT2D eigenvalue weighted by molar-refractivity contribution is 6.10. The lowest BCUT2D eigenvalue weighted by Crippen LogP contribution is -2.44. The van der Waals surface area contributed by atoms with Gasteiger partial charge >= 0.3 is 5.97 Å². The molecule has 2 N–H and O–H groups in total. The average molecular weight is 304 g/mol. The van der Waals surface area contributed by atoms with Crippen molar-refractivity contribution in [2.24, 2.45) is 5.92 Å². The minimum absolute atomic E-state index is 0.279. The van der Waals surface area contributed by atoms with Crippen LogP contribution in [0, 0.1) is 19.8 Å². The van der Waals surface area contributed by atoms with Crippen molar-refractivity contribution in [1.82, 2.24) is 5.32 Å². The monoisotopic (exact) mass is 304 g/mol. The molecule has 1 saturated heterocycles. The summed E-state index contributed by atoms with van der Waals surface area (Å²) in [4.78, 5) is 36.8. The highest BCUT2D eigenvalue weighted by Gasteiger charge is 2.38. The van der Waals surface area contributed by atoms with Gasteiger partial charge in [0.2, 0.25) is 11.8 Å². The van der Waals surface area contributed by atoms with Crippen molar-refractivity contribution < 1.29 is 19.5 Å². The Labute approximate surface area is 129 Å². The Balaban J connectivity index is 2.10. The molecular weight excluding hydrogens is 284 g/mol. The van der Waals surface area contributed by atoms with Gasteiger partial charge in [0.25, 0.3) is 0 Å². The Bertz CT molecular complexity index is 627. The summed E-state index contributed by atoms with van der Waals surface area (Å²) in [6, 6.07) is 4.72. The van der Waals surface area contributed by atoms with E-state index in [-0.39, 0.29) is 5.91 Å². The Hall–Kier alpha value is -2.37. The summed E-state index contributed by atoms with van der Waals surface area (Å²) in [5.41, 5.74) is 2.99. The molecule has 6 nitrogen and oxygen atoms in total. The molecule has 1 aliphatic rings. The van der Waals surface area contributed by atoms with E-state index in [0.717, 1.165) is 16.8 Å². The van der Waals surface area contributed by atoms with Gasteiger partial charge in [-0.05, 0) is 50.5 Å². The van der Waals surface area contributed by atoms with Gasteiger partial charge in [-0.15, -0.1) is 0 Å². The standard InChI is InChI=1S/C16H20N2O4/c1-9-4-5-12(8-10(9)2)18-7-6-13(15(18)20)14(19)17-11(3)16(21)22/h4-5,8,11,13H,6-7H2,1-3H3,(H,17,19)(H,21,22)/t11-,13+/m0/s1. The molecule has 1 fully saturated rings. The number of amides is 2. The van der Waals surface area contributed by atoms with Crippen molar-refractivity contribution >= 4 is 23.5 Å². The number of nitrogens with zero attached hydrogens (tertiary/aromatic N) is 1. The van der Waals surface area contributed by atoms with Crippen LogP contribution in [0.15, 0.2) is 18.2 Å². The fourth-order valence-electron chi connectivity index (χ4n) is 2.45. The predicted octanol–water partition coefficient (Wildman–Crippen LogP) is 1.25. The zero-order valence-electron chi connectivity index (χ0n) is 12.9. The third-order valence-electron chi connectivity index (χ3n) is 4.05. The summed E-state index contributed by atoms with van der Waals surface area (Å²) in [6.07, 6.45) is 0.393. The topological polar surface area (TPSA) is 86.7 Å². The molecule has 1 aliphatic heterocycles. The number of carbonyl (C=O) groups is 3. The summed E-state index contributed by atoms with van der Waals surface area (Å²) in [5, 5.41) is 11.2. The van der Waals surface area contributed by atoms with E-state index in [1.165, 1.54) is 6.92 Å². The van der Waals surface area contributed by atoms with E-state index < -0.39 is 23.8 Å². The molecule has 2 amide bonds. The molecule has 0 spiro atoms. The van der Waals surface area contributed by atoms with Crippen LogP contribution in [0.1, 0.15) is 24.5 Å². The molecule has 0 bridgehead atoms. The van der Waals surface area contributed by atoms with E-state index in [1.54, 1.807) is 4.90 Å². The third kappa shape index (κ3) is 3.10. The lowest BCUT2D eigenvalue weighted by Gasteiger charge is -2.18. The minimum Gasteiger partial charge on any atom is -0.480 e. The van der Waals surface area contributed by atoms with Crippen molar-refractivity contribution in [3.05, 3.63) is 29.3 Å². The minimum atomic E-state index is -1.12. The molecule has 118 valence electrons. The highest BCUT2D eigenvalue weighted by Crippen LogP contribution is 2.27. The van der Waals surface area contributed by atoms with E-state index in [9.17, 15) is 14.4 Å². The smallest absolute Gasteiger partial charge is 0.325 e. The molecule has 0 saturated carbocycles. The van der Waals surface area contributed by atoms with Gasteiger partial charge in [-0.2, -0.15) is 0 Å². The van der Waals surface area contributed by atoms with Gasteiger partial charge in [-0.25, -0.2) is 0 Å². The largest absolute Gasteiger partial charge is 0.480 e. The number of aryl methyl sites for hydroxylation is 2. The fourth-order valence-corrected chi connectivity index (χ4v) is 2.45. The zero-order chi connectivity index (χ0) is 16.4. The second-order valence-electron chi connectivity index (χ2n) is 5.67. The van der Waals surface area contributed by atoms with Crippen LogP contribution in [0.5, 0.6) is 0 Å². The maximum atomic E-state index is 12.4. The van der Waals surface area contributed by atoms with Crippen LogP contribution in [0.4, 0.5) is 5.69 Å². The fraction of sp³-hybridized carbons (Fsp3) is 0.438. The second-order valence-corrected chi connectivity index (χ2v) is 5.67. The summed E-state index contributed by atoms with van der Waals surface area (Å²) >= 11 is 0. The lowest BCUT2D eigenvalue weighted by molar-refractivity contribution is -0.143. The predicted molar refractivity (Wildman–Crippen MR) is 81.6 cm³/mol. The molecular formula is C16H20N2O4. The number of carbonyl (C=O) groups excluding carboxylic acids is 2. The van der Waals surface area contributed by atoms with Gasteiger partial charge in [-0.1, -0.05) is 6.07 Å². The van der Waals surface area contributed by atoms with Gasteiger partial charge in [0.15, 0.2) is 0 Å². The Morgan fingerprint density at radius 1 is 1.32 bits per heavy atom. The van der Waals surface area contributed by atoms with Crippen LogP contribution in [0.3, 0.4) is 0 Å². The van der Waals surface area contributed by atoms with Crippen LogP contribution in [-0.4, -0.2) is 35.5 Å². The van der Waals surface area contributed by atoms with Crippen molar-refractivity contribution in [3.8, 4) is 0 Å². The molecule has 2 atom stereocenters. The quantitative estimate of drug-likeness (QED) is 0.820. The zero-order valence-corrected chi connectivity index (χ0v) is 12.9. The number of aliphatic carboxylic acids is 1. The number of nitrogens with one attached hydrogen (secondary N) is 1. The van der Waals surface area contributed by atoms with E-state index >= 15 is 0 Å². The van der Waals surface area contributed by atoms with Crippen LogP contribution >= 0.6 is 0 Å². The van der Waals surface area contributed by atoms with Gasteiger partial charge in [-0.3, -0.25) is 14.4 Å². The molecule has 6 heteroatoms. The molecule has 0 aliphatic carbocycles. The van der Waals surface area contributed by atoms with E-state index in [2.05, 4.69) is 5.32 Å². The Morgan fingerprint density at radius 2 is 2.00 bits per heavy atom. The summed E-state index contributed by atoms with van der Waals surface area (Å²) in [7, 11) is 0. The first-order valence-corrected chi connectivity index (χ1v) is 7.23. The molecule has 22 heavy (non-hydrogen) atoms. The number of rotatable bonds is 4. The van der Waals surface area contributed by atoms with Gasteiger partial charge < -0.3 is 15.3 Å². The van der Waals surface area contributed by atoms with Gasteiger partial charge in [0.1, 0.15) is 12.0 Å². The number of anilines is 1. The summed E-state index contributed by atoms with van der Waals surface area (Å²) in [6.45, 7) is 5.80. The second kappa shape index (κ2) is 6.17. The normalized spacial score (nSPS) is 19.1. The molecule has 1 aromatic rings. The van der Waals surface area contributed by atoms with Crippen LogP contribution in [0.25, 0.3) is 0 Å². The molecule has 0 aromatic heterocycles. The summed E-state index contributed by atoms with van der Waals surface area (Å²) < 4.78 is 0. The third-order valence-corrected chi connectivity index (χ3v) is 4.05. The van der Waals surface area contributed by atoms with Gasteiger partial charge in [0.05, 0.1) is 0 Å². The highest BCUT2D eigenvalue weighted by atomic mass is 16.4. The molecule has 2 rings (SSSR count). The van der Waals surface area contributed by atoms with Crippen molar-refractivity contribution in [2.45, 2.75) is 33.2 Å². The van der Waals surface area contributed by atoms with Gasteiger partial charge in [0, 0.05) is 12.2 Å². The Kier molecular flexibility index (Phi) is 4.49. The first-order chi connectivity index (χ1) is 10.3.